The lowest BCUT2D eigenvalue weighted by atomic mass is 9.48. The highest BCUT2D eigenvalue weighted by Gasteiger charge is 2.67. The van der Waals surface area contributed by atoms with Crippen molar-refractivity contribution < 1.29 is 15.0 Å². The van der Waals surface area contributed by atoms with Crippen molar-refractivity contribution in [2.24, 2.45) is 23.2 Å². The van der Waals surface area contributed by atoms with E-state index in [0.29, 0.717) is 13.1 Å². The smallest absolute Gasteiger partial charge is 0.407 e. The molecule has 1 aromatic heterocycles. The van der Waals surface area contributed by atoms with E-state index in [0.717, 1.165) is 25.0 Å². The summed E-state index contributed by atoms with van der Waals surface area (Å²) in [4.78, 5) is 17.3. The molecule has 2 aliphatic heterocycles. The summed E-state index contributed by atoms with van der Waals surface area (Å²) in [5.41, 5.74) is 3.54. The molecule has 6 heteroatoms. The Hall–Kier alpha value is -2.34. The average Bonchev–Trinajstić information content (AvgIpc) is 3.30. The number of hydrogen-bond acceptors (Lipinski definition) is 3. The first-order chi connectivity index (χ1) is 13.1. The maximum absolute atomic E-state index is 11.4. The van der Waals surface area contributed by atoms with Crippen LogP contribution in [0.5, 0.6) is 0 Å². The second-order valence-electron chi connectivity index (χ2n) is 8.80. The van der Waals surface area contributed by atoms with Gasteiger partial charge in [0.05, 0.1) is 30.4 Å². The largest absolute Gasteiger partial charge is 0.465 e. The van der Waals surface area contributed by atoms with E-state index in [1.807, 2.05) is 12.5 Å². The van der Waals surface area contributed by atoms with E-state index in [2.05, 4.69) is 33.8 Å². The number of carbonyl (C=O) groups is 1. The van der Waals surface area contributed by atoms with Crippen molar-refractivity contribution in [3.8, 4) is 11.3 Å². The van der Waals surface area contributed by atoms with Crippen molar-refractivity contribution in [2.45, 2.75) is 31.4 Å². The highest BCUT2D eigenvalue weighted by Crippen LogP contribution is 2.67. The molecule has 3 heterocycles. The fourth-order valence-corrected chi connectivity index (χ4v) is 6.85. The number of nitrogens with zero attached hydrogens (tertiary/aromatic N) is 3. The van der Waals surface area contributed by atoms with E-state index >= 15 is 0 Å². The van der Waals surface area contributed by atoms with Crippen molar-refractivity contribution in [3.63, 3.8) is 0 Å². The Kier molecular flexibility index (Phi) is 2.98. The van der Waals surface area contributed by atoms with Crippen LogP contribution in [0.15, 0.2) is 36.8 Å². The molecule has 1 aromatic carbocycles. The molecule has 5 atom stereocenters. The zero-order valence-electron chi connectivity index (χ0n) is 15.0. The van der Waals surface area contributed by atoms with Crippen molar-refractivity contribution in [2.75, 3.05) is 13.1 Å². The Bertz CT molecular complexity index is 924. The summed E-state index contributed by atoms with van der Waals surface area (Å²) in [7, 11) is 0. The van der Waals surface area contributed by atoms with Crippen LogP contribution >= 0.6 is 0 Å². The monoisotopic (exact) mass is 365 g/mol. The topological polar surface area (TPSA) is 78.6 Å². The van der Waals surface area contributed by atoms with Gasteiger partial charge in [0, 0.05) is 30.0 Å². The molecule has 4 aliphatic rings. The van der Waals surface area contributed by atoms with Crippen LogP contribution in [-0.4, -0.2) is 50.0 Å². The molecule has 1 spiro atoms. The van der Waals surface area contributed by atoms with Gasteiger partial charge in [0.1, 0.15) is 0 Å². The summed E-state index contributed by atoms with van der Waals surface area (Å²) in [6.45, 7) is 1.15. The molecule has 2 aliphatic carbocycles. The number of benzene rings is 1. The molecule has 1 amide bonds. The minimum absolute atomic E-state index is 0.0884. The van der Waals surface area contributed by atoms with Crippen LogP contribution in [0.1, 0.15) is 30.9 Å². The molecule has 6 nitrogen and oxygen atoms in total. The Morgan fingerprint density at radius 2 is 1.93 bits per heavy atom. The SMILES string of the molecule is O=C(O)N1CC2CCC(C1)C21C[C@H]([C@H]2c3ccccc3-c3cncn32)[C@@H]1O. The molecular weight excluding hydrogens is 342 g/mol. The maximum Gasteiger partial charge on any atom is 0.407 e. The Balaban J connectivity index is 1.34. The third-order valence-corrected chi connectivity index (χ3v) is 8.01. The first-order valence-electron chi connectivity index (χ1n) is 9.88. The molecular formula is C21H23N3O3. The number of carboxylic acid groups (broad SMARTS) is 1. The molecule has 2 bridgehead atoms. The standard InChI is InChI=1S/C21H23N3O3/c25-19-16(7-21(19)12-5-6-13(21)10-23(9-12)20(26)27)18-15-4-2-1-3-14(15)17-8-22-11-24(17)18/h1-4,8,11-13,16,18-19,25H,5-7,9-10H2,(H,26,27)/t12?,13?,16-,18-,19+,21?/m1/s1. The summed E-state index contributed by atoms with van der Waals surface area (Å²) in [5, 5.41) is 20.8. The zero-order chi connectivity index (χ0) is 18.3. The normalized spacial score (nSPS) is 38.6. The Morgan fingerprint density at radius 1 is 1.19 bits per heavy atom. The molecule has 2 aromatic rings. The Morgan fingerprint density at radius 3 is 2.63 bits per heavy atom. The van der Waals surface area contributed by atoms with Gasteiger partial charge in [-0.1, -0.05) is 24.3 Å². The number of piperidine rings is 1. The zero-order valence-corrected chi connectivity index (χ0v) is 15.0. The first kappa shape index (κ1) is 15.7. The van der Waals surface area contributed by atoms with E-state index in [4.69, 9.17) is 0 Å². The van der Waals surface area contributed by atoms with Gasteiger partial charge in [-0.25, -0.2) is 9.78 Å². The second-order valence-corrected chi connectivity index (χ2v) is 8.80. The first-order valence-corrected chi connectivity index (χ1v) is 9.88. The van der Waals surface area contributed by atoms with Gasteiger partial charge in [-0.05, 0) is 36.7 Å². The summed E-state index contributed by atoms with van der Waals surface area (Å²) < 4.78 is 2.22. The number of rotatable bonds is 1. The number of aliphatic hydroxyl groups is 1. The van der Waals surface area contributed by atoms with Crippen LogP contribution in [0.3, 0.4) is 0 Å². The average molecular weight is 365 g/mol. The lowest BCUT2D eigenvalue weighted by Crippen LogP contribution is -2.65. The molecule has 2 N–H and O–H groups in total. The number of aromatic nitrogens is 2. The third kappa shape index (κ3) is 1.79. The molecule has 140 valence electrons. The number of fused-ring (bicyclic) bond motifs is 3. The summed E-state index contributed by atoms with van der Waals surface area (Å²) in [6.07, 6.45) is 5.66. The molecule has 6 rings (SSSR count). The Labute approximate surface area is 157 Å². The van der Waals surface area contributed by atoms with Gasteiger partial charge in [-0.15, -0.1) is 0 Å². The van der Waals surface area contributed by atoms with Gasteiger partial charge in [0.25, 0.3) is 0 Å². The van der Waals surface area contributed by atoms with Crippen molar-refractivity contribution in [1.29, 1.82) is 0 Å². The highest BCUT2D eigenvalue weighted by molar-refractivity contribution is 5.69. The highest BCUT2D eigenvalue weighted by atomic mass is 16.4. The summed E-state index contributed by atoms with van der Waals surface area (Å²) in [6, 6.07) is 8.57. The molecule has 2 saturated carbocycles. The van der Waals surface area contributed by atoms with Gasteiger partial charge < -0.3 is 19.7 Å². The van der Waals surface area contributed by atoms with E-state index in [1.54, 1.807) is 4.90 Å². The minimum Gasteiger partial charge on any atom is -0.465 e. The molecule has 2 unspecified atom stereocenters. The van der Waals surface area contributed by atoms with Crippen LogP contribution < -0.4 is 0 Å². The van der Waals surface area contributed by atoms with Gasteiger partial charge in [0.15, 0.2) is 0 Å². The van der Waals surface area contributed by atoms with Crippen LogP contribution in [0.25, 0.3) is 11.3 Å². The fourth-order valence-electron chi connectivity index (χ4n) is 6.85. The molecule has 27 heavy (non-hydrogen) atoms. The van der Waals surface area contributed by atoms with Gasteiger partial charge in [-0.3, -0.25) is 0 Å². The number of amides is 1. The lowest BCUT2D eigenvalue weighted by molar-refractivity contribution is -0.193. The minimum atomic E-state index is -0.820. The van der Waals surface area contributed by atoms with Crippen LogP contribution in [0.4, 0.5) is 4.79 Å². The number of aliphatic hydroxyl groups excluding tert-OH is 1. The quantitative estimate of drug-likeness (QED) is 0.815. The van der Waals surface area contributed by atoms with E-state index in [9.17, 15) is 15.0 Å². The van der Waals surface area contributed by atoms with E-state index < -0.39 is 6.09 Å². The number of imidazole rings is 1. The van der Waals surface area contributed by atoms with E-state index in [-0.39, 0.29) is 35.3 Å². The predicted octanol–water partition coefficient (Wildman–Crippen LogP) is 2.84. The predicted molar refractivity (Wildman–Crippen MR) is 98.2 cm³/mol. The molecule has 0 radical (unpaired) electrons. The van der Waals surface area contributed by atoms with Crippen molar-refractivity contribution >= 4 is 6.09 Å². The van der Waals surface area contributed by atoms with Crippen LogP contribution in [0, 0.1) is 23.2 Å². The van der Waals surface area contributed by atoms with Crippen LogP contribution in [0.2, 0.25) is 0 Å². The third-order valence-electron chi connectivity index (χ3n) is 8.01. The number of likely N-dealkylation sites (tertiary alicyclic amines) is 1. The van der Waals surface area contributed by atoms with Gasteiger partial charge in [0.2, 0.25) is 0 Å². The van der Waals surface area contributed by atoms with E-state index in [1.165, 1.54) is 11.1 Å². The maximum atomic E-state index is 11.4. The molecule has 3 fully saturated rings. The molecule has 1 saturated heterocycles. The second kappa shape index (κ2) is 5.13. The summed E-state index contributed by atoms with van der Waals surface area (Å²) >= 11 is 0. The van der Waals surface area contributed by atoms with Crippen LogP contribution in [-0.2, 0) is 0 Å². The number of hydrogen-bond donors (Lipinski definition) is 2. The lowest BCUT2D eigenvalue weighted by Gasteiger charge is -2.61. The summed E-state index contributed by atoms with van der Waals surface area (Å²) in [5.74, 6) is 0.746. The fraction of sp³-hybridized carbons (Fsp3) is 0.524. The van der Waals surface area contributed by atoms with Gasteiger partial charge >= 0.3 is 6.09 Å². The van der Waals surface area contributed by atoms with Crippen molar-refractivity contribution in [1.82, 2.24) is 14.5 Å². The van der Waals surface area contributed by atoms with Gasteiger partial charge in [-0.2, -0.15) is 0 Å². The van der Waals surface area contributed by atoms with Crippen molar-refractivity contribution in [3.05, 3.63) is 42.4 Å².